The normalized spacial score (nSPS) is 11.3. The number of benzene rings is 1. The summed E-state index contributed by atoms with van der Waals surface area (Å²) < 4.78 is 16.3. The van der Waals surface area contributed by atoms with Crippen molar-refractivity contribution in [2.75, 3.05) is 20.3 Å². The van der Waals surface area contributed by atoms with Crippen molar-refractivity contribution in [3.63, 3.8) is 0 Å². The summed E-state index contributed by atoms with van der Waals surface area (Å²) in [6.45, 7) is 2.28. The number of carbonyl (C=O) groups is 1. The van der Waals surface area contributed by atoms with E-state index in [1.54, 1.807) is 25.3 Å². The first-order valence-electron chi connectivity index (χ1n) is 7.57. The van der Waals surface area contributed by atoms with Gasteiger partial charge >= 0.3 is 5.97 Å². The lowest BCUT2D eigenvalue weighted by Crippen LogP contribution is -2.04. The van der Waals surface area contributed by atoms with Crippen molar-refractivity contribution in [3.8, 4) is 17.4 Å². The topological polar surface area (TPSA) is 77.9 Å². The van der Waals surface area contributed by atoms with Crippen molar-refractivity contribution in [1.29, 1.82) is 0 Å². The molecule has 0 atom stereocenters. The van der Waals surface area contributed by atoms with Crippen LogP contribution in [0.5, 0.6) is 17.4 Å². The van der Waals surface area contributed by atoms with E-state index in [2.05, 4.69) is 4.98 Å². The van der Waals surface area contributed by atoms with Gasteiger partial charge in [-0.1, -0.05) is 23.2 Å². The Kier molecular flexibility index (Phi) is 7.26. The molecule has 0 saturated carbocycles. The average molecular weight is 398 g/mol. The number of aromatic nitrogens is 1. The van der Waals surface area contributed by atoms with Gasteiger partial charge in [0.1, 0.15) is 23.1 Å². The van der Waals surface area contributed by atoms with E-state index in [4.69, 9.17) is 42.5 Å². The predicted octanol–water partition coefficient (Wildman–Crippen LogP) is 4.69. The van der Waals surface area contributed by atoms with Crippen LogP contribution in [-0.4, -0.2) is 36.4 Å². The minimum absolute atomic E-state index is 0.146. The monoisotopic (exact) mass is 397 g/mol. The molecule has 1 aromatic heterocycles. The van der Waals surface area contributed by atoms with E-state index in [0.717, 1.165) is 0 Å². The standard InChI is InChI=1S/C18H17Cl2NO5/c1-11(18(22)23)7-12-3-4-14(25-6-5-24-2)9-16(12)26-17-15(20)8-13(19)10-21-17/h3-4,7-10H,5-6H2,1-2H3,(H,22,23)/b11-7+. The van der Waals surface area contributed by atoms with Gasteiger partial charge in [-0.3, -0.25) is 0 Å². The fourth-order valence-corrected chi connectivity index (χ4v) is 2.35. The Bertz CT molecular complexity index is 823. The molecule has 1 heterocycles. The smallest absolute Gasteiger partial charge is 0.331 e. The SMILES string of the molecule is COCCOc1ccc(/C=C(\C)C(=O)O)c(Oc2ncc(Cl)cc2Cl)c1. The Balaban J connectivity index is 2.38. The number of rotatable bonds is 8. The minimum Gasteiger partial charge on any atom is -0.491 e. The fourth-order valence-electron chi connectivity index (χ4n) is 1.93. The van der Waals surface area contributed by atoms with Crippen molar-refractivity contribution >= 4 is 35.2 Å². The maximum atomic E-state index is 11.1. The van der Waals surface area contributed by atoms with Crippen LogP contribution in [0, 0.1) is 0 Å². The maximum Gasteiger partial charge on any atom is 0.331 e. The summed E-state index contributed by atoms with van der Waals surface area (Å²) in [5.41, 5.74) is 0.690. The van der Waals surface area contributed by atoms with Crippen LogP contribution in [0.15, 0.2) is 36.0 Å². The van der Waals surface area contributed by atoms with Crippen LogP contribution in [0.25, 0.3) is 6.08 Å². The van der Waals surface area contributed by atoms with Crippen LogP contribution in [0.1, 0.15) is 12.5 Å². The van der Waals surface area contributed by atoms with E-state index < -0.39 is 5.97 Å². The summed E-state index contributed by atoms with van der Waals surface area (Å²) >= 11 is 11.9. The third kappa shape index (κ3) is 5.62. The van der Waals surface area contributed by atoms with Crippen LogP contribution < -0.4 is 9.47 Å². The molecule has 8 heteroatoms. The molecule has 0 aliphatic heterocycles. The van der Waals surface area contributed by atoms with Gasteiger partial charge in [0.2, 0.25) is 5.88 Å². The second kappa shape index (κ2) is 9.43. The van der Waals surface area contributed by atoms with Gasteiger partial charge in [0.15, 0.2) is 0 Å². The van der Waals surface area contributed by atoms with E-state index in [9.17, 15) is 4.79 Å². The lowest BCUT2D eigenvalue weighted by atomic mass is 10.1. The molecule has 0 saturated heterocycles. The van der Waals surface area contributed by atoms with Gasteiger partial charge in [-0.2, -0.15) is 0 Å². The van der Waals surface area contributed by atoms with Gasteiger partial charge in [-0.15, -0.1) is 0 Å². The number of halogens is 2. The number of aliphatic carboxylic acids is 1. The Labute approximate surface area is 160 Å². The summed E-state index contributed by atoms with van der Waals surface area (Å²) in [6.07, 6.45) is 2.89. The molecule has 26 heavy (non-hydrogen) atoms. The summed E-state index contributed by atoms with van der Waals surface area (Å²) in [6, 6.07) is 6.53. The van der Waals surface area contributed by atoms with Crippen LogP contribution in [0.3, 0.4) is 0 Å². The van der Waals surface area contributed by atoms with Gasteiger partial charge in [-0.25, -0.2) is 9.78 Å². The zero-order valence-corrected chi connectivity index (χ0v) is 15.7. The lowest BCUT2D eigenvalue weighted by molar-refractivity contribution is -0.132. The molecule has 6 nitrogen and oxygen atoms in total. The quantitative estimate of drug-likeness (QED) is 0.513. The molecule has 0 aliphatic carbocycles. The molecule has 0 radical (unpaired) electrons. The van der Waals surface area contributed by atoms with Crippen molar-refractivity contribution < 1.29 is 24.1 Å². The van der Waals surface area contributed by atoms with Crippen molar-refractivity contribution in [3.05, 3.63) is 51.6 Å². The molecule has 138 valence electrons. The van der Waals surface area contributed by atoms with Crippen molar-refractivity contribution in [1.82, 2.24) is 4.98 Å². The molecule has 1 N–H and O–H groups in total. The largest absolute Gasteiger partial charge is 0.491 e. The minimum atomic E-state index is -1.03. The molecule has 0 unspecified atom stereocenters. The molecule has 0 amide bonds. The highest BCUT2D eigenvalue weighted by Crippen LogP contribution is 2.34. The lowest BCUT2D eigenvalue weighted by Gasteiger charge is -2.12. The first-order valence-corrected chi connectivity index (χ1v) is 8.32. The molecular weight excluding hydrogens is 381 g/mol. The zero-order valence-electron chi connectivity index (χ0n) is 14.2. The molecular formula is C18H17Cl2NO5. The highest BCUT2D eigenvalue weighted by Gasteiger charge is 2.12. The van der Waals surface area contributed by atoms with E-state index in [-0.39, 0.29) is 16.5 Å². The first kappa shape index (κ1) is 20.0. The third-order valence-corrected chi connectivity index (χ3v) is 3.71. The molecule has 2 aromatic rings. The van der Waals surface area contributed by atoms with Crippen LogP contribution in [0.4, 0.5) is 0 Å². The van der Waals surface area contributed by atoms with Crippen LogP contribution in [-0.2, 0) is 9.53 Å². The zero-order chi connectivity index (χ0) is 19.1. The van der Waals surface area contributed by atoms with Gasteiger partial charge in [-0.05, 0) is 31.2 Å². The Morgan fingerprint density at radius 2 is 2.04 bits per heavy atom. The molecule has 0 bridgehead atoms. The van der Waals surface area contributed by atoms with Gasteiger partial charge in [0.05, 0.1) is 11.6 Å². The molecule has 0 fully saturated rings. The highest BCUT2D eigenvalue weighted by atomic mass is 35.5. The average Bonchev–Trinajstić information content (AvgIpc) is 2.59. The Morgan fingerprint density at radius 1 is 1.27 bits per heavy atom. The summed E-state index contributed by atoms with van der Waals surface area (Å²) in [5, 5.41) is 9.71. The fraction of sp³-hybridized carbons (Fsp3) is 0.222. The number of carboxylic acids is 1. The predicted molar refractivity (Wildman–Crippen MR) is 99.4 cm³/mol. The Hall–Kier alpha value is -2.28. The van der Waals surface area contributed by atoms with E-state index in [1.807, 2.05) is 0 Å². The number of ether oxygens (including phenoxy) is 3. The number of carboxylic acid groups (broad SMARTS) is 1. The van der Waals surface area contributed by atoms with Gasteiger partial charge in [0, 0.05) is 30.5 Å². The maximum absolute atomic E-state index is 11.1. The second-order valence-corrected chi connectivity index (χ2v) is 6.06. The van der Waals surface area contributed by atoms with Gasteiger partial charge in [0.25, 0.3) is 0 Å². The van der Waals surface area contributed by atoms with Crippen molar-refractivity contribution in [2.45, 2.75) is 6.92 Å². The number of hydrogen-bond acceptors (Lipinski definition) is 5. The van der Waals surface area contributed by atoms with Gasteiger partial charge < -0.3 is 19.3 Å². The number of methoxy groups -OCH3 is 1. The van der Waals surface area contributed by atoms with Crippen molar-refractivity contribution in [2.24, 2.45) is 0 Å². The Morgan fingerprint density at radius 3 is 2.69 bits per heavy atom. The van der Waals surface area contributed by atoms with Crippen LogP contribution >= 0.6 is 23.2 Å². The number of pyridine rings is 1. The third-order valence-electron chi connectivity index (χ3n) is 3.23. The van der Waals surface area contributed by atoms with E-state index >= 15 is 0 Å². The summed E-state index contributed by atoms with van der Waals surface area (Å²) in [5.74, 6) is -0.00346. The van der Waals surface area contributed by atoms with E-state index in [0.29, 0.717) is 35.3 Å². The highest BCUT2D eigenvalue weighted by molar-refractivity contribution is 6.35. The molecule has 2 rings (SSSR count). The molecule has 1 aromatic carbocycles. The second-order valence-electron chi connectivity index (χ2n) is 5.22. The summed E-state index contributed by atoms with van der Waals surface area (Å²) in [7, 11) is 1.58. The summed E-state index contributed by atoms with van der Waals surface area (Å²) in [4.78, 5) is 15.2. The van der Waals surface area contributed by atoms with Crippen LogP contribution in [0.2, 0.25) is 10.0 Å². The molecule has 0 aliphatic rings. The van der Waals surface area contributed by atoms with E-state index in [1.165, 1.54) is 25.3 Å². The number of nitrogens with zero attached hydrogens (tertiary/aromatic N) is 1. The number of hydrogen-bond donors (Lipinski definition) is 1. The molecule has 0 spiro atoms. The first-order chi connectivity index (χ1) is 12.4.